The minimum Gasteiger partial charge on any atom is -0.352 e. The summed E-state index contributed by atoms with van der Waals surface area (Å²) in [6.45, 7) is 7.72. The van der Waals surface area contributed by atoms with E-state index in [1.807, 2.05) is 35.8 Å². The number of benzene rings is 1. The number of anilines is 1. The quantitative estimate of drug-likeness (QED) is 0.530. The van der Waals surface area contributed by atoms with Gasteiger partial charge in [0, 0.05) is 41.0 Å². The fourth-order valence-electron chi connectivity index (χ4n) is 3.22. The number of aromatic nitrogens is 3. The lowest BCUT2D eigenvalue weighted by atomic mass is 10.1. The second kappa shape index (κ2) is 6.93. The number of aryl methyl sites for hydroxylation is 1. The molecule has 0 unspecified atom stereocenters. The molecule has 1 aromatic carbocycles. The molecule has 4 rings (SSSR count). The van der Waals surface area contributed by atoms with Crippen molar-refractivity contribution in [2.45, 2.75) is 19.8 Å². The minimum atomic E-state index is 0.596. The first-order valence-corrected chi connectivity index (χ1v) is 9.49. The van der Waals surface area contributed by atoms with E-state index in [1.54, 1.807) is 6.07 Å². The third-order valence-corrected chi connectivity index (χ3v) is 5.20. The SMILES string of the molecule is C=CCN(CC1CC1)c1cc(C)nc2c(-c3ccc(Cl)cc3Cl)cnn12. The molecule has 0 saturated heterocycles. The summed E-state index contributed by atoms with van der Waals surface area (Å²) < 4.78 is 1.90. The Hall–Kier alpha value is -2.04. The van der Waals surface area contributed by atoms with E-state index >= 15 is 0 Å². The highest BCUT2D eigenvalue weighted by molar-refractivity contribution is 6.36. The van der Waals surface area contributed by atoms with Crippen molar-refractivity contribution >= 4 is 34.7 Å². The smallest absolute Gasteiger partial charge is 0.165 e. The molecule has 0 radical (unpaired) electrons. The average molecular weight is 387 g/mol. The maximum atomic E-state index is 6.42. The van der Waals surface area contributed by atoms with Crippen LogP contribution in [0.1, 0.15) is 18.5 Å². The Labute approximate surface area is 163 Å². The second-order valence-electron chi connectivity index (χ2n) is 6.81. The topological polar surface area (TPSA) is 33.4 Å². The summed E-state index contributed by atoms with van der Waals surface area (Å²) in [7, 11) is 0. The molecule has 26 heavy (non-hydrogen) atoms. The highest BCUT2D eigenvalue weighted by atomic mass is 35.5. The first-order valence-electron chi connectivity index (χ1n) is 8.73. The first-order chi connectivity index (χ1) is 12.6. The molecule has 4 nitrogen and oxygen atoms in total. The normalized spacial score (nSPS) is 14.0. The van der Waals surface area contributed by atoms with Crippen LogP contribution in [0.5, 0.6) is 0 Å². The highest BCUT2D eigenvalue weighted by Crippen LogP contribution is 2.35. The van der Waals surface area contributed by atoms with E-state index in [1.165, 1.54) is 12.8 Å². The van der Waals surface area contributed by atoms with Gasteiger partial charge in [-0.05, 0) is 37.8 Å². The molecule has 0 bridgehead atoms. The van der Waals surface area contributed by atoms with Crippen LogP contribution in [0.25, 0.3) is 16.8 Å². The number of fused-ring (bicyclic) bond motifs is 1. The fourth-order valence-corrected chi connectivity index (χ4v) is 3.73. The van der Waals surface area contributed by atoms with E-state index in [-0.39, 0.29) is 0 Å². The van der Waals surface area contributed by atoms with Crippen LogP contribution in [0.3, 0.4) is 0 Å². The molecule has 2 heterocycles. The summed E-state index contributed by atoms with van der Waals surface area (Å²) in [6, 6.07) is 7.58. The van der Waals surface area contributed by atoms with Crippen molar-refractivity contribution in [2.24, 2.45) is 5.92 Å². The zero-order valence-corrected chi connectivity index (χ0v) is 16.1. The van der Waals surface area contributed by atoms with Gasteiger partial charge in [-0.15, -0.1) is 6.58 Å². The summed E-state index contributed by atoms with van der Waals surface area (Å²) in [5, 5.41) is 5.83. The van der Waals surface area contributed by atoms with Gasteiger partial charge in [-0.2, -0.15) is 9.61 Å². The lowest BCUT2D eigenvalue weighted by Crippen LogP contribution is -2.28. The number of hydrogen-bond donors (Lipinski definition) is 0. The summed E-state index contributed by atoms with van der Waals surface area (Å²) in [5.41, 5.74) is 3.53. The lowest BCUT2D eigenvalue weighted by Gasteiger charge is -2.24. The molecule has 0 spiro atoms. The molecule has 134 valence electrons. The molecule has 0 N–H and O–H groups in total. The number of rotatable bonds is 6. The monoisotopic (exact) mass is 386 g/mol. The Morgan fingerprint density at radius 3 is 2.77 bits per heavy atom. The average Bonchev–Trinajstić information content (AvgIpc) is 3.32. The predicted molar refractivity (Wildman–Crippen MR) is 108 cm³/mol. The fraction of sp³-hybridized carbons (Fsp3) is 0.300. The Kier molecular flexibility index (Phi) is 4.63. The summed E-state index contributed by atoms with van der Waals surface area (Å²) in [6.07, 6.45) is 6.35. The molecular formula is C20H20Cl2N4. The number of nitrogens with zero attached hydrogens (tertiary/aromatic N) is 4. The minimum absolute atomic E-state index is 0.596. The molecule has 1 aliphatic rings. The van der Waals surface area contributed by atoms with Crippen LogP contribution in [0.2, 0.25) is 10.0 Å². The van der Waals surface area contributed by atoms with E-state index in [9.17, 15) is 0 Å². The van der Waals surface area contributed by atoms with E-state index in [2.05, 4.69) is 22.6 Å². The van der Waals surface area contributed by atoms with E-state index < -0.39 is 0 Å². The molecule has 1 fully saturated rings. The van der Waals surface area contributed by atoms with E-state index in [4.69, 9.17) is 28.2 Å². The zero-order chi connectivity index (χ0) is 18.3. The van der Waals surface area contributed by atoms with E-state index in [0.29, 0.717) is 10.0 Å². The van der Waals surface area contributed by atoms with Crippen molar-refractivity contribution in [1.82, 2.24) is 14.6 Å². The van der Waals surface area contributed by atoms with Gasteiger partial charge >= 0.3 is 0 Å². The van der Waals surface area contributed by atoms with Gasteiger partial charge < -0.3 is 4.90 Å². The largest absolute Gasteiger partial charge is 0.352 e. The molecular weight excluding hydrogens is 367 g/mol. The van der Waals surface area contributed by atoms with Gasteiger partial charge in [-0.25, -0.2) is 4.98 Å². The van der Waals surface area contributed by atoms with Crippen LogP contribution in [0.4, 0.5) is 5.82 Å². The Balaban J connectivity index is 1.85. The molecule has 2 aromatic heterocycles. The van der Waals surface area contributed by atoms with Crippen LogP contribution in [-0.4, -0.2) is 27.7 Å². The van der Waals surface area contributed by atoms with Gasteiger partial charge in [-0.1, -0.05) is 35.3 Å². The molecule has 1 saturated carbocycles. The van der Waals surface area contributed by atoms with Gasteiger partial charge in [0.15, 0.2) is 5.65 Å². The molecule has 0 amide bonds. The summed E-state index contributed by atoms with van der Waals surface area (Å²) in [5.74, 6) is 1.80. The molecule has 1 aliphatic carbocycles. The van der Waals surface area contributed by atoms with Gasteiger partial charge in [0.05, 0.1) is 11.2 Å². The number of halogens is 2. The van der Waals surface area contributed by atoms with Gasteiger partial charge in [0.2, 0.25) is 0 Å². The summed E-state index contributed by atoms with van der Waals surface area (Å²) >= 11 is 12.5. The van der Waals surface area contributed by atoms with Crippen molar-refractivity contribution in [3.63, 3.8) is 0 Å². The van der Waals surface area contributed by atoms with Crippen molar-refractivity contribution in [2.75, 3.05) is 18.0 Å². The van der Waals surface area contributed by atoms with E-state index in [0.717, 1.165) is 47.3 Å². The van der Waals surface area contributed by atoms with Crippen molar-refractivity contribution < 1.29 is 0 Å². The number of hydrogen-bond acceptors (Lipinski definition) is 3. The van der Waals surface area contributed by atoms with Gasteiger partial charge in [0.25, 0.3) is 0 Å². The van der Waals surface area contributed by atoms with Crippen LogP contribution in [-0.2, 0) is 0 Å². The molecule has 0 atom stereocenters. The predicted octanol–water partition coefficient (Wildman–Crippen LogP) is 5.41. The third kappa shape index (κ3) is 3.31. The first kappa shape index (κ1) is 17.4. The Morgan fingerprint density at radius 2 is 2.08 bits per heavy atom. The Morgan fingerprint density at radius 1 is 1.27 bits per heavy atom. The van der Waals surface area contributed by atoms with Crippen LogP contribution >= 0.6 is 23.2 Å². The zero-order valence-electron chi connectivity index (χ0n) is 14.6. The highest BCUT2D eigenvalue weighted by Gasteiger charge is 2.26. The Bertz CT molecular complexity index is 975. The van der Waals surface area contributed by atoms with Crippen LogP contribution < -0.4 is 4.90 Å². The maximum absolute atomic E-state index is 6.42. The van der Waals surface area contributed by atoms with Crippen LogP contribution in [0, 0.1) is 12.8 Å². The van der Waals surface area contributed by atoms with Gasteiger partial charge in [-0.3, -0.25) is 0 Å². The van der Waals surface area contributed by atoms with Gasteiger partial charge in [0.1, 0.15) is 5.82 Å². The van der Waals surface area contributed by atoms with Crippen molar-refractivity contribution in [3.8, 4) is 11.1 Å². The standard InChI is InChI=1S/C20H20Cl2N4/c1-3-8-25(12-14-4-5-14)19-9-13(2)24-20-17(11-23-26(19)20)16-7-6-15(21)10-18(16)22/h3,6-7,9-11,14H,1,4-5,8,12H2,2H3. The lowest BCUT2D eigenvalue weighted by molar-refractivity contribution is 0.729. The third-order valence-electron chi connectivity index (χ3n) is 4.65. The molecule has 0 aliphatic heterocycles. The molecule has 6 heteroatoms. The van der Waals surface area contributed by atoms with Crippen molar-refractivity contribution in [3.05, 3.63) is 58.9 Å². The van der Waals surface area contributed by atoms with Crippen LogP contribution in [0.15, 0.2) is 43.1 Å². The molecule has 3 aromatic rings. The summed E-state index contributed by atoms with van der Waals surface area (Å²) in [4.78, 5) is 7.06. The second-order valence-corrected chi connectivity index (χ2v) is 7.65. The van der Waals surface area contributed by atoms with Crippen molar-refractivity contribution in [1.29, 1.82) is 0 Å². The maximum Gasteiger partial charge on any atom is 0.165 e.